The predicted octanol–water partition coefficient (Wildman–Crippen LogP) is 2.95. The molecular formula is C23H29N5O2. The number of anilines is 1. The van der Waals surface area contributed by atoms with E-state index in [4.69, 9.17) is 19.6 Å². The molecule has 3 aromatic rings. The standard InChI is InChI=1S/C23H29N5O2/c1-29-21-6-2-4-18(14-21)15-26-9-3-5-19(16-26)23-24-22-8-7-20(17-28(22)25-23)27-10-12-30-13-11-27/h2,4,6-8,14,17,19H,3,5,9-13,15-16H2,1H3/t19-/m1/s1. The Bertz CT molecular complexity index is 998. The van der Waals surface area contributed by atoms with Gasteiger partial charge in [0.1, 0.15) is 5.75 Å². The van der Waals surface area contributed by atoms with E-state index in [1.54, 1.807) is 7.11 Å². The second kappa shape index (κ2) is 8.62. The molecular weight excluding hydrogens is 378 g/mol. The lowest BCUT2D eigenvalue weighted by Crippen LogP contribution is -2.36. The number of aromatic nitrogens is 3. The fraction of sp³-hybridized carbons (Fsp3) is 0.478. The Labute approximate surface area is 177 Å². The number of hydrogen-bond donors (Lipinski definition) is 0. The fourth-order valence-electron chi connectivity index (χ4n) is 4.51. The summed E-state index contributed by atoms with van der Waals surface area (Å²) in [7, 11) is 1.72. The largest absolute Gasteiger partial charge is 0.497 e. The Hall–Kier alpha value is -2.64. The first-order chi connectivity index (χ1) is 14.8. The second-order valence-corrected chi connectivity index (χ2v) is 8.19. The number of fused-ring (bicyclic) bond motifs is 1. The van der Waals surface area contributed by atoms with E-state index < -0.39 is 0 Å². The summed E-state index contributed by atoms with van der Waals surface area (Å²) in [5, 5.41) is 4.86. The molecule has 0 aliphatic carbocycles. The van der Waals surface area contributed by atoms with Crippen LogP contribution in [0.1, 0.15) is 30.1 Å². The topological polar surface area (TPSA) is 55.1 Å². The third kappa shape index (κ3) is 4.13. The zero-order chi connectivity index (χ0) is 20.3. The van der Waals surface area contributed by atoms with Crippen molar-refractivity contribution in [1.29, 1.82) is 0 Å². The highest BCUT2D eigenvalue weighted by molar-refractivity contribution is 5.51. The lowest BCUT2D eigenvalue weighted by atomic mass is 9.97. The van der Waals surface area contributed by atoms with E-state index in [0.717, 1.165) is 69.6 Å². The van der Waals surface area contributed by atoms with Gasteiger partial charge >= 0.3 is 0 Å². The summed E-state index contributed by atoms with van der Waals surface area (Å²) in [5.41, 5.74) is 3.39. The van der Waals surface area contributed by atoms with E-state index in [2.05, 4.69) is 46.3 Å². The lowest BCUT2D eigenvalue weighted by Gasteiger charge is -2.31. The molecule has 0 unspecified atom stereocenters. The summed E-state index contributed by atoms with van der Waals surface area (Å²) >= 11 is 0. The van der Waals surface area contributed by atoms with E-state index in [9.17, 15) is 0 Å². The molecule has 158 valence electrons. The Kier molecular flexibility index (Phi) is 5.55. The zero-order valence-electron chi connectivity index (χ0n) is 17.5. The highest BCUT2D eigenvalue weighted by Crippen LogP contribution is 2.27. The monoisotopic (exact) mass is 407 g/mol. The van der Waals surface area contributed by atoms with Gasteiger partial charge in [0.15, 0.2) is 11.5 Å². The Morgan fingerprint density at radius 3 is 2.90 bits per heavy atom. The summed E-state index contributed by atoms with van der Waals surface area (Å²) in [6.45, 7) is 6.45. The quantitative estimate of drug-likeness (QED) is 0.648. The van der Waals surface area contributed by atoms with E-state index in [1.165, 1.54) is 17.7 Å². The van der Waals surface area contributed by atoms with Crippen LogP contribution < -0.4 is 9.64 Å². The van der Waals surface area contributed by atoms with Gasteiger partial charge in [-0.1, -0.05) is 12.1 Å². The molecule has 5 rings (SSSR count). The van der Waals surface area contributed by atoms with Crippen LogP contribution in [0.15, 0.2) is 42.6 Å². The molecule has 1 atom stereocenters. The van der Waals surface area contributed by atoms with Gasteiger partial charge in [0.2, 0.25) is 0 Å². The average Bonchev–Trinajstić information content (AvgIpc) is 3.23. The minimum absolute atomic E-state index is 0.371. The van der Waals surface area contributed by atoms with Gasteiger partial charge in [-0.15, -0.1) is 0 Å². The number of morpholine rings is 1. The summed E-state index contributed by atoms with van der Waals surface area (Å²) in [4.78, 5) is 9.71. The Morgan fingerprint density at radius 2 is 2.03 bits per heavy atom. The van der Waals surface area contributed by atoms with Crippen molar-refractivity contribution in [3.8, 4) is 5.75 Å². The summed E-state index contributed by atoms with van der Waals surface area (Å²) in [6, 6.07) is 12.6. The van der Waals surface area contributed by atoms with Gasteiger partial charge in [0.05, 0.1) is 32.2 Å². The maximum atomic E-state index is 5.47. The molecule has 0 N–H and O–H groups in total. The summed E-state index contributed by atoms with van der Waals surface area (Å²) < 4.78 is 12.8. The van der Waals surface area contributed by atoms with Crippen LogP contribution in [-0.4, -0.2) is 66.0 Å². The molecule has 2 aliphatic heterocycles. The first-order valence-corrected chi connectivity index (χ1v) is 10.8. The van der Waals surface area contributed by atoms with E-state index in [1.807, 2.05) is 10.6 Å². The lowest BCUT2D eigenvalue weighted by molar-refractivity contribution is 0.122. The zero-order valence-corrected chi connectivity index (χ0v) is 17.5. The van der Waals surface area contributed by atoms with Gasteiger partial charge in [-0.3, -0.25) is 4.90 Å². The normalized spacial score (nSPS) is 20.6. The van der Waals surface area contributed by atoms with Crippen molar-refractivity contribution >= 4 is 11.3 Å². The van der Waals surface area contributed by atoms with Crippen molar-refractivity contribution in [1.82, 2.24) is 19.5 Å². The number of methoxy groups -OCH3 is 1. The number of pyridine rings is 1. The molecule has 0 bridgehead atoms. The maximum Gasteiger partial charge on any atom is 0.156 e. The maximum absolute atomic E-state index is 5.47. The number of likely N-dealkylation sites (tertiary alicyclic amines) is 1. The first-order valence-electron chi connectivity index (χ1n) is 10.8. The smallest absolute Gasteiger partial charge is 0.156 e. The van der Waals surface area contributed by atoms with Gasteiger partial charge in [0, 0.05) is 32.1 Å². The van der Waals surface area contributed by atoms with Crippen molar-refractivity contribution in [2.45, 2.75) is 25.3 Å². The third-order valence-electron chi connectivity index (χ3n) is 6.12. The Balaban J connectivity index is 1.30. The third-order valence-corrected chi connectivity index (χ3v) is 6.12. The number of hydrogen-bond acceptors (Lipinski definition) is 6. The van der Waals surface area contributed by atoms with Crippen molar-refractivity contribution < 1.29 is 9.47 Å². The fourth-order valence-corrected chi connectivity index (χ4v) is 4.51. The number of rotatable bonds is 5. The second-order valence-electron chi connectivity index (χ2n) is 8.19. The molecule has 0 radical (unpaired) electrons. The minimum atomic E-state index is 0.371. The molecule has 4 heterocycles. The van der Waals surface area contributed by atoms with Crippen LogP contribution in [0.25, 0.3) is 5.65 Å². The van der Waals surface area contributed by atoms with E-state index >= 15 is 0 Å². The average molecular weight is 408 g/mol. The van der Waals surface area contributed by atoms with E-state index in [0.29, 0.717) is 5.92 Å². The van der Waals surface area contributed by atoms with Gasteiger partial charge in [0.25, 0.3) is 0 Å². The van der Waals surface area contributed by atoms with Gasteiger partial charge in [-0.25, -0.2) is 9.50 Å². The molecule has 7 nitrogen and oxygen atoms in total. The van der Waals surface area contributed by atoms with Gasteiger partial charge < -0.3 is 14.4 Å². The molecule has 2 saturated heterocycles. The molecule has 7 heteroatoms. The summed E-state index contributed by atoms with van der Waals surface area (Å²) in [6.07, 6.45) is 4.42. The molecule has 0 saturated carbocycles. The van der Waals surface area contributed by atoms with Crippen LogP contribution in [0.3, 0.4) is 0 Å². The van der Waals surface area contributed by atoms with Crippen LogP contribution in [-0.2, 0) is 11.3 Å². The van der Waals surface area contributed by atoms with E-state index in [-0.39, 0.29) is 0 Å². The predicted molar refractivity (Wildman–Crippen MR) is 116 cm³/mol. The Morgan fingerprint density at radius 1 is 1.13 bits per heavy atom. The van der Waals surface area contributed by atoms with Crippen LogP contribution in [0.5, 0.6) is 5.75 Å². The van der Waals surface area contributed by atoms with Crippen LogP contribution in [0.2, 0.25) is 0 Å². The van der Waals surface area contributed by atoms with Gasteiger partial charge in [-0.05, 0) is 49.2 Å². The molecule has 2 fully saturated rings. The molecule has 2 aliphatic rings. The minimum Gasteiger partial charge on any atom is -0.497 e. The first kappa shape index (κ1) is 19.3. The number of benzene rings is 1. The number of nitrogens with zero attached hydrogens (tertiary/aromatic N) is 5. The van der Waals surface area contributed by atoms with Crippen molar-refractivity contribution in [2.24, 2.45) is 0 Å². The molecule has 2 aromatic heterocycles. The van der Waals surface area contributed by atoms with Crippen LogP contribution in [0, 0.1) is 0 Å². The molecule has 0 amide bonds. The van der Waals surface area contributed by atoms with Crippen molar-refractivity contribution in [3.05, 3.63) is 54.0 Å². The number of piperidine rings is 1. The highest BCUT2D eigenvalue weighted by Gasteiger charge is 2.25. The molecule has 1 aromatic carbocycles. The molecule has 30 heavy (non-hydrogen) atoms. The number of ether oxygens (including phenoxy) is 2. The summed E-state index contributed by atoms with van der Waals surface area (Å²) in [5.74, 6) is 2.25. The van der Waals surface area contributed by atoms with Crippen molar-refractivity contribution in [2.75, 3.05) is 51.4 Å². The highest BCUT2D eigenvalue weighted by atomic mass is 16.5. The van der Waals surface area contributed by atoms with Crippen LogP contribution in [0.4, 0.5) is 5.69 Å². The SMILES string of the molecule is COc1cccc(CN2CCC[C@@H](c3nc4ccc(N5CCOCC5)cn4n3)C2)c1. The van der Waals surface area contributed by atoms with Crippen molar-refractivity contribution in [3.63, 3.8) is 0 Å². The molecule has 0 spiro atoms. The van der Waals surface area contributed by atoms with Crippen LogP contribution >= 0.6 is 0 Å². The van der Waals surface area contributed by atoms with Gasteiger partial charge in [-0.2, -0.15) is 5.10 Å².